The molecule has 0 unspecified atom stereocenters. The number of carbonyl (C=O) groups is 2. The summed E-state index contributed by atoms with van der Waals surface area (Å²) >= 11 is 0. The zero-order chi connectivity index (χ0) is 24.8. The summed E-state index contributed by atoms with van der Waals surface area (Å²) in [5, 5.41) is 5.52. The van der Waals surface area contributed by atoms with Crippen LogP contribution < -0.4 is 15.5 Å². The van der Waals surface area contributed by atoms with E-state index in [2.05, 4.69) is 25.4 Å². The number of anilines is 2. The van der Waals surface area contributed by atoms with E-state index in [9.17, 15) is 14.0 Å². The molecule has 1 fully saturated rings. The van der Waals surface area contributed by atoms with Crippen LogP contribution in [-0.2, 0) is 9.59 Å². The van der Waals surface area contributed by atoms with Crippen molar-refractivity contribution in [1.29, 1.82) is 0 Å². The van der Waals surface area contributed by atoms with Crippen molar-refractivity contribution < 1.29 is 14.0 Å². The number of nitrogens with zero attached hydrogens (tertiary/aromatic N) is 3. The molecule has 1 aromatic heterocycles. The lowest BCUT2D eigenvalue weighted by molar-refractivity contribution is -0.136. The van der Waals surface area contributed by atoms with Gasteiger partial charge >= 0.3 is 11.8 Å². The number of nitrogens with one attached hydrogen (secondary N) is 2. The first-order valence-corrected chi connectivity index (χ1v) is 11.7. The smallest absolute Gasteiger partial charge is 0.313 e. The minimum atomic E-state index is -0.690. The molecule has 2 amide bonds. The van der Waals surface area contributed by atoms with Gasteiger partial charge in [0.25, 0.3) is 0 Å². The fourth-order valence-corrected chi connectivity index (χ4v) is 4.31. The maximum atomic E-state index is 13.3. The summed E-state index contributed by atoms with van der Waals surface area (Å²) in [6, 6.07) is 15.8. The predicted octanol–water partition coefficient (Wildman–Crippen LogP) is 3.46. The molecule has 182 valence electrons. The summed E-state index contributed by atoms with van der Waals surface area (Å²) < 4.78 is 13.3. The molecule has 1 atom stereocenters. The van der Waals surface area contributed by atoms with Gasteiger partial charge in [-0.1, -0.05) is 18.2 Å². The number of pyridine rings is 1. The number of halogens is 1. The van der Waals surface area contributed by atoms with Crippen molar-refractivity contribution in [1.82, 2.24) is 15.2 Å². The van der Waals surface area contributed by atoms with Gasteiger partial charge < -0.3 is 15.5 Å². The van der Waals surface area contributed by atoms with Gasteiger partial charge in [0.1, 0.15) is 5.82 Å². The number of amides is 2. The zero-order valence-corrected chi connectivity index (χ0v) is 20.0. The van der Waals surface area contributed by atoms with Crippen molar-refractivity contribution in [2.45, 2.75) is 19.9 Å². The Morgan fingerprint density at radius 2 is 1.71 bits per heavy atom. The van der Waals surface area contributed by atoms with Crippen LogP contribution in [0.3, 0.4) is 0 Å². The highest BCUT2D eigenvalue weighted by Crippen LogP contribution is 2.24. The highest BCUT2D eigenvalue weighted by atomic mass is 19.1. The summed E-state index contributed by atoms with van der Waals surface area (Å²) in [5.74, 6) is -1.61. The normalized spacial score (nSPS) is 14.9. The number of aryl methyl sites for hydroxylation is 1. The summed E-state index contributed by atoms with van der Waals surface area (Å²) in [5.41, 5.74) is 4.56. The van der Waals surface area contributed by atoms with Crippen LogP contribution in [0, 0.1) is 19.7 Å². The van der Waals surface area contributed by atoms with Crippen LogP contribution in [0.4, 0.5) is 15.8 Å². The highest BCUT2D eigenvalue weighted by Gasteiger charge is 2.27. The number of hydrogen-bond acceptors (Lipinski definition) is 5. The van der Waals surface area contributed by atoms with Crippen LogP contribution in [0.1, 0.15) is 22.7 Å². The predicted molar refractivity (Wildman–Crippen MR) is 135 cm³/mol. The van der Waals surface area contributed by atoms with Gasteiger partial charge in [-0.05, 0) is 66.9 Å². The average Bonchev–Trinajstić information content (AvgIpc) is 2.88. The Labute approximate surface area is 205 Å². The van der Waals surface area contributed by atoms with E-state index in [1.807, 2.05) is 38.1 Å². The number of piperazine rings is 1. The lowest BCUT2D eigenvalue weighted by atomic mass is 10.1. The van der Waals surface area contributed by atoms with Crippen molar-refractivity contribution in [3.63, 3.8) is 0 Å². The average molecular weight is 476 g/mol. The van der Waals surface area contributed by atoms with E-state index in [-0.39, 0.29) is 18.4 Å². The molecule has 2 N–H and O–H groups in total. The van der Waals surface area contributed by atoms with Crippen LogP contribution in [0.2, 0.25) is 0 Å². The van der Waals surface area contributed by atoms with Gasteiger partial charge in [-0.15, -0.1) is 0 Å². The molecule has 0 aliphatic carbocycles. The zero-order valence-electron chi connectivity index (χ0n) is 20.0. The summed E-state index contributed by atoms with van der Waals surface area (Å²) in [4.78, 5) is 33.9. The second-order valence-corrected chi connectivity index (χ2v) is 8.71. The van der Waals surface area contributed by atoms with Crippen LogP contribution in [-0.4, -0.2) is 54.4 Å². The molecule has 2 heterocycles. The Hall–Kier alpha value is -3.78. The molecule has 2 aromatic carbocycles. The van der Waals surface area contributed by atoms with E-state index in [4.69, 9.17) is 0 Å². The summed E-state index contributed by atoms with van der Waals surface area (Å²) in [6.07, 6.45) is 3.50. The van der Waals surface area contributed by atoms with Gasteiger partial charge in [0.2, 0.25) is 0 Å². The van der Waals surface area contributed by atoms with Gasteiger partial charge in [0, 0.05) is 56.5 Å². The molecular formula is C27H30FN5O2. The number of carbonyl (C=O) groups excluding carboxylic acids is 2. The summed E-state index contributed by atoms with van der Waals surface area (Å²) in [6.45, 7) is 7.18. The van der Waals surface area contributed by atoms with Crippen molar-refractivity contribution >= 4 is 23.2 Å². The molecule has 3 aromatic rings. The molecule has 1 aliphatic heterocycles. The third-order valence-electron chi connectivity index (χ3n) is 6.53. The molecule has 35 heavy (non-hydrogen) atoms. The monoisotopic (exact) mass is 475 g/mol. The molecule has 0 saturated carbocycles. The SMILES string of the molecule is Cc1cccc(NC(=O)C(=O)NC[C@H](c2cccnc2)N2CCN(c3ccc(F)cc3)CC2)c1C. The Balaban J connectivity index is 1.39. The second kappa shape index (κ2) is 11.1. The molecule has 1 saturated heterocycles. The Kier molecular flexibility index (Phi) is 7.72. The first-order valence-electron chi connectivity index (χ1n) is 11.7. The molecular weight excluding hydrogens is 445 g/mol. The fraction of sp³-hybridized carbons (Fsp3) is 0.296. The van der Waals surface area contributed by atoms with Gasteiger partial charge in [0.05, 0.1) is 6.04 Å². The van der Waals surface area contributed by atoms with E-state index >= 15 is 0 Å². The molecule has 0 spiro atoms. The largest absolute Gasteiger partial charge is 0.369 e. The van der Waals surface area contributed by atoms with E-state index in [1.54, 1.807) is 30.6 Å². The lowest BCUT2D eigenvalue weighted by Crippen LogP contribution is -2.50. The third kappa shape index (κ3) is 6.02. The summed E-state index contributed by atoms with van der Waals surface area (Å²) in [7, 11) is 0. The first kappa shape index (κ1) is 24.3. The van der Waals surface area contributed by atoms with Crippen molar-refractivity contribution in [3.05, 3.63) is 89.5 Å². The quantitative estimate of drug-likeness (QED) is 0.534. The molecule has 8 heteroatoms. The van der Waals surface area contributed by atoms with Crippen molar-refractivity contribution in [2.75, 3.05) is 42.9 Å². The van der Waals surface area contributed by atoms with E-state index in [1.165, 1.54) is 12.1 Å². The standard InChI is InChI=1S/C27H30FN5O2/c1-19-5-3-7-24(20(19)2)31-27(35)26(34)30-18-25(21-6-4-12-29-17-21)33-15-13-32(14-16-33)23-10-8-22(28)9-11-23/h3-12,17,25H,13-16,18H2,1-2H3,(H,30,34)(H,31,35)/t25-/m1/s1. The number of aromatic nitrogens is 1. The number of rotatable bonds is 6. The van der Waals surface area contributed by atoms with Gasteiger partial charge in [-0.3, -0.25) is 19.5 Å². The Morgan fingerprint density at radius 1 is 0.971 bits per heavy atom. The fourth-order valence-electron chi connectivity index (χ4n) is 4.31. The van der Waals surface area contributed by atoms with Crippen LogP contribution in [0.5, 0.6) is 0 Å². The minimum absolute atomic E-state index is 0.128. The maximum absolute atomic E-state index is 13.3. The molecule has 0 bridgehead atoms. The third-order valence-corrected chi connectivity index (χ3v) is 6.53. The van der Waals surface area contributed by atoms with Gasteiger partial charge in [0.15, 0.2) is 0 Å². The Morgan fingerprint density at radius 3 is 2.40 bits per heavy atom. The topological polar surface area (TPSA) is 77.6 Å². The van der Waals surface area contributed by atoms with E-state index in [0.29, 0.717) is 5.69 Å². The lowest BCUT2D eigenvalue weighted by Gasteiger charge is -2.40. The van der Waals surface area contributed by atoms with Gasteiger partial charge in [-0.2, -0.15) is 0 Å². The number of benzene rings is 2. The van der Waals surface area contributed by atoms with E-state index < -0.39 is 11.8 Å². The second-order valence-electron chi connectivity index (χ2n) is 8.71. The van der Waals surface area contributed by atoms with Crippen LogP contribution in [0.15, 0.2) is 67.0 Å². The maximum Gasteiger partial charge on any atom is 0.313 e. The Bertz CT molecular complexity index is 1160. The molecule has 1 aliphatic rings. The molecule has 7 nitrogen and oxygen atoms in total. The number of hydrogen-bond donors (Lipinski definition) is 2. The van der Waals surface area contributed by atoms with Crippen LogP contribution in [0.25, 0.3) is 0 Å². The minimum Gasteiger partial charge on any atom is -0.369 e. The molecule has 0 radical (unpaired) electrons. The van der Waals surface area contributed by atoms with Crippen LogP contribution >= 0.6 is 0 Å². The van der Waals surface area contributed by atoms with Crippen molar-refractivity contribution in [2.24, 2.45) is 0 Å². The molecule has 4 rings (SSSR count). The first-order chi connectivity index (χ1) is 16.9. The van der Waals surface area contributed by atoms with E-state index in [0.717, 1.165) is 48.6 Å². The highest BCUT2D eigenvalue weighted by molar-refractivity contribution is 6.39. The van der Waals surface area contributed by atoms with Gasteiger partial charge in [-0.25, -0.2) is 4.39 Å². The van der Waals surface area contributed by atoms with Crippen molar-refractivity contribution in [3.8, 4) is 0 Å².